The largest absolute Gasteiger partial charge is 0.423 e. The van der Waals surface area contributed by atoms with Crippen LogP contribution in [-0.2, 0) is 12.1 Å². The quantitative estimate of drug-likeness (QED) is 0.267. The standard InChI is InChI=1S/C28H22F4N4O/c1-2-27(37,28(30,31)32)26-17-36(35-34-26)16-18-8-13-22-23(19-9-11-21(29)12-10-19)15-24(33-25(22)14-18)20-6-4-3-5-7-20/h3-15,17,37H,2,16H2,1H3. The molecule has 0 aliphatic heterocycles. The molecule has 0 saturated carbocycles. The van der Waals surface area contributed by atoms with Crippen LogP contribution in [0.25, 0.3) is 33.3 Å². The third-order valence-corrected chi connectivity index (χ3v) is 6.39. The number of nitrogens with zero attached hydrogens (tertiary/aromatic N) is 4. The fourth-order valence-corrected chi connectivity index (χ4v) is 4.28. The van der Waals surface area contributed by atoms with Crippen LogP contribution < -0.4 is 0 Å². The van der Waals surface area contributed by atoms with Crippen molar-refractivity contribution in [2.75, 3.05) is 0 Å². The molecule has 5 nitrogen and oxygen atoms in total. The lowest BCUT2D eigenvalue weighted by Gasteiger charge is -2.26. The van der Waals surface area contributed by atoms with E-state index >= 15 is 0 Å². The first-order valence-electron chi connectivity index (χ1n) is 11.6. The van der Waals surface area contributed by atoms with Gasteiger partial charge in [0.05, 0.1) is 24.0 Å². The third kappa shape index (κ3) is 4.70. The molecule has 5 aromatic rings. The van der Waals surface area contributed by atoms with E-state index in [1.807, 2.05) is 54.6 Å². The summed E-state index contributed by atoms with van der Waals surface area (Å²) in [4.78, 5) is 4.83. The van der Waals surface area contributed by atoms with Gasteiger partial charge in [0.25, 0.3) is 0 Å². The number of hydrogen-bond acceptors (Lipinski definition) is 4. The Labute approximate surface area is 210 Å². The van der Waals surface area contributed by atoms with Crippen molar-refractivity contribution in [3.63, 3.8) is 0 Å². The average Bonchev–Trinajstić information content (AvgIpc) is 3.36. The SMILES string of the molecule is CCC(O)(c1cn(Cc2ccc3c(-c4ccc(F)cc4)cc(-c4ccccc4)nc3c2)nn1)C(F)(F)F. The summed E-state index contributed by atoms with van der Waals surface area (Å²) in [7, 11) is 0. The van der Waals surface area contributed by atoms with Crippen LogP contribution >= 0.6 is 0 Å². The van der Waals surface area contributed by atoms with E-state index in [0.717, 1.165) is 39.5 Å². The number of alkyl halides is 3. The molecule has 0 bridgehead atoms. The Morgan fingerprint density at radius 3 is 2.30 bits per heavy atom. The van der Waals surface area contributed by atoms with Crippen molar-refractivity contribution >= 4 is 10.9 Å². The second-order valence-electron chi connectivity index (χ2n) is 8.79. The fourth-order valence-electron chi connectivity index (χ4n) is 4.28. The maximum absolute atomic E-state index is 13.6. The van der Waals surface area contributed by atoms with Crippen molar-refractivity contribution in [1.82, 2.24) is 20.0 Å². The maximum Gasteiger partial charge on any atom is 0.423 e. The first kappa shape index (κ1) is 24.6. The van der Waals surface area contributed by atoms with Crippen molar-refractivity contribution in [3.05, 3.63) is 102 Å². The summed E-state index contributed by atoms with van der Waals surface area (Å²) in [6.45, 7) is 1.37. The van der Waals surface area contributed by atoms with E-state index in [1.54, 1.807) is 12.1 Å². The number of pyridine rings is 1. The van der Waals surface area contributed by atoms with Crippen molar-refractivity contribution in [2.45, 2.75) is 31.7 Å². The summed E-state index contributed by atoms with van der Waals surface area (Å²) in [5.41, 5.74) is 1.12. The number of hydrogen-bond donors (Lipinski definition) is 1. The normalized spacial score (nSPS) is 13.6. The highest BCUT2D eigenvalue weighted by Crippen LogP contribution is 2.40. The van der Waals surface area contributed by atoms with E-state index in [4.69, 9.17) is 4.98 Å². The van der Waals surface area contributed by atoms with Gasteiger partial charge in [0.2, 0.25) is 5.60 Å². The van der Waals surface area contributed by atoms with Gasteiger partial charge in [0.1, 0.15) is 11.5 Å². The Morgan fingerprint density at radius 1 is 0.892 bits per heavy atom. The van der Waals surface area contributed by atoms with Gasteiger partial charge in [-0.15, -0.1) is 5.10 Å². The molecule has 0 aliphatic carbocycles. The molecule has 0 aliphatic rings. The topological polar surface area (TPSA) is 63.8 Å². The van der Waals surface area contributed by atoms with E-state index in [1.165, 1.54) is 23.7 Å². The molecular weight excluding hydrogens is 484 g/mol. The molecule has 1 atom stereocenters. The molecule has 37 heavy (non-hydrogen) atoms. The Hall–Kier alpha value is -4.11. The average molecular weight is 507 g/mol. The van der Waals surface area contributed by atoms with Crippen LogP contribution in [0.15, 0.2) is 85.1 Å². The van der Waals surface area contributed by atoms with Crippen LogP contribution in [0.1, 0.15) is 24.6 Å². The highest BCUT2D eigenvalue weighted by Gasteiger charge is 2.55. The molecule has 188 valence electrons. The zero-order valence-corrected chi connectivity index (χ0v) is 19.7. The zero-order valence-electron chi connectivity index (χ0n) is 19.7. The number of aliphatic hydroxyl groups is 1. The van der Waals surface area contributed by atoms with Gasteiger partial charge in [-0.25, -0.2) is 14.1 Å². The van der Waals surface area contributed by atoms with Gasteiger partial charge in [-0.05, 0) is 47.4 Å². The van der Waals surface area contributed by atoms with Gasteiger partial charge in [-0.1, -0.05) is 66.7 Å². The number of fused-ring (bicyclic) bond motifs is 1. The summed E-state index contributed by atoms with van der Waals surface area (Å²) >= 11 is 0. The molecule has 0 fully saturated rings. The van der Waals surface area contributed by atoms with Gasteiger partial charge in [0.15, 0.2) is 0 Å². The Bertz CT molecular complexity index is 1550. The fraction of sp³-hybridized carbons (Fsp3) is 0.179. The molecular formula is C28H22F4N4O. The van der Waals surface area contributed by atoms with Crippen molar-refractivity contribution < 1.29 is 22.7 Å². The van der Waals surface area contributed by atoms with Crippen LogP contribution in [0, 0.1) is 5.82 Å². The molecule has 0 saturated heterocycles. The molecule has 2 heterocycles. The van der Waals surface area contributed by atoms with E-state index in [9.17, 15) is 22.7 Å². The van der Waals surface area contributed by atoms with E-state index in [0.29, 0.717) is 5.52 Å². The lowest BCUT2D eigenvalue weighted by Crippen LogP contribution is -2.42. The van der Waals surface area contributed by atoms with Crippen LogP contribution in [-0.4, -0.2) is 31.3 Å². The highest BCUT2D eigenvalue weighted by molar-refractivity contribution is 5.97. The number of benzene rings is 3. The predicted octanol–water partition coefficient (Wildman–Crippen LogP) is 6.51. The molecule has 2 aromatic heterocycles. The second-order valence-corrected chi connectivity index (χ2v) is 8.79. The van der Waals surface area contributed by atoms with Gasteiger partial charge in [0, 0.05) is 10.9 Å². The van der Waals surface area contributed by atoms with E-state index in [2.05, 4.69) is 10.3 Å². The smallest absolute Gasteiger partial charge is 0.375 e. The van der Waals surface area contributed by atoms with Crippen molar-refractivity contribution in [1.29, 1.82) is 0 Å². The van der Waals surface area contributed by atoms with E-state index in [-0.39, 0.29) is 12.4 Å². The summed E-state index contributed by atoms with van der Waals surface area (Å²) in [6, 6.07) is 23.3. The first-order valence-corrected chi connectivity index (χ1v) is 11.6. The van der Waals surface area contributed by atoms with Gasteiger partial charge < -0.3 is 5.11 Å². The Balaban J connectivity index is 1.56. The third-order valence-electron chi connectivity index (χ3n) is 6.39. The Kier molecular flexibility index (Phi) is 6.25. The van der Waals surface area contributed by atoms with Crippen LogP contribution in [0.2, 0.25) is 0 Å². The summed E-state index contributed by atoms with van der Waals surface area (Å²) in [5.74, 6) is -0.333. The van der Waals surface area contributed by atoms with Crippen LogP contribution in [0.4, 0.5) is 17.6 Å². The highest BCUT2D eigenvalue weighted by atomic mass is 19.4. The maximum atomic E-state index is 13.6. The van der Waals surface area contributed by atoms with Crippen molar-refractivity contribution in [3.8, 4) is 22.4 Å². The van der Waals surface area contributed by atoms with Gasteiger partial charge in [-0.2, -0.15) is 13.2 Å². The monoisotopic (exact) mass is 506 g/mol. The van der Waals surface area contributed by atoms with Gasteiger partial charge in [-0.3, -0.25) is 0 Å². The minimum atomic E-state index is -4.87. The number of aromatic nitrogens is 4. The Morgan fingerprint density at radius 2 is 1.62 bits per heavy atom. The lowest BCUT2D eigenvalue weighted by molar-refractivity contribution is -0.269. The van der Waals surface area contributed by atoms with Gasteiger partial charge >= 0.3 is 6.18 Å². The first-order chi connectivity index (χ1) is 17.7. The van der Waals surface area contributed by atoms with Crippen LogP contribution in [0.5, 0.6) is 0 Å². The summed E-state index contributed by atoms with van der Waals surface area (Å²) < 4.78 is 55.1. The summed E-state index contributed by atoms with van der Waals surface area (Å²) in [6.07, 6.45) is -4.34. The minimum absolute atomic E-state index is 0.129. The number of halogens is 4. The zero-order chi connectivity index (χ0) is 26.2. The molecule has 1 unspecified atom stereocenters. The summed E-state index contributed by atoms with van der Waals surface area (Å²) in [5, 5.41) is 18.4. The lowest BCUT2D eigenvalue weighted by atomic mass is 9.96. The molecule has 1 N–H and O–H groups in total. The number of rotatable bonds is 6. The second kappa shape index (κ2) is 9.40. The molecule has 0 amide bonds. The molecule has 5 rings (SSSR count). The van der Waals surface area contributed by atoms with E-state index < -0.39 is 23.9 Å². The molecule has 0 spiro atoms. The van der Waals surface area contributed by atoms with Crippen molar-refractivity contribution in [2.24, 2.45) is 0 Å². The predicted molar refractivity (Wildman–Crippen MR) is 132 cm³/mol. The van der Waals surface area contributed by atoms with Crippen LogP contribution in [0.3, 0.4) is 0 Å². The molecule has 9 heteroatoms. The molecule has 3 aromatic carbocycles. The minimum Gasteiger partial charge on any atom is -0.375 e. The molecule has 0 radical (unpaired) electrons.